The van der Waals surface area contributed by atoms with Gasteiger partial charge < -0.3 is 10.5 Å². The first-order valence-corrected chi connectivity index (χ1v) is 6.05. The summed E-state index contributed by atoms with van der Waals surface area (Å²) in [7, 11) is 0. The zero-order valence-corrected chi connectivity index (χ0v) is 10.9. The van der Waals surface area contributed by atoms with Crippen LogP contribution in [0, 0.1) is 6.92 Å². The Hall–Kier alpha value is -2.01. The zero-order valence-electron chi connectivity index (χ0n) is 10.9. The first kappa shape index (κ1) is 14.4. The van der Waals surface area contributed by atoms with E-state index in [1.54, 1.807) is 18.2 Å². The third-order valence-electron chi connectivity index (χ3n) is 2.89. The molecule has 2 aromatic carbocycles. The Labute approximate surface area is 115 Å². The highest BCUT2D eigenvalue weighted by atomic mass is 19.4. The summed E-state index contributed by atoms with van der Waals surface area (Å²) in [6, 6.07) is 11.6. The molecular formula is C15H14F3NO. The number of hydrogen-bond acceptors (Lipinski definition) is 2. The van der Waals surface area contributed by atoms with Gasteiger partial charge >= 0.3 is 6.36 Å². The van der Waals surface area contributed by atoms with Crippen molar-refractivity contribution < 1.29 is 17.9 Å². The average Bonchev–Trinajstić information content (AvgIpc) is 2.37. The van der Waals surface area contributed by atoms with Crippen LogP contribution >= 0.6 is 0 Å². The summed E-state index contributed by atoms with van der Waals surface area (Å²) in [6.07, 6.45) is -4.72. The van der Waals surface area contributed by atoms with Gasteiger partial charge in [-0.3, -0.25) is 0 Å². The number of rotatable bonds is 3. The summed E-state index contributed by atoms with van der Waals surface area (Å²) in [6.45, 7) is 2.12. The van der Waals surface area contributed by atoms with Crippen LogP contribution in [0.2, 0.25) is 0 Å². The Bertz CT molecular complexity index is 608. The van der Waals surface area contributed by atoms with Crippen molar-refractivity contribution in [2.45, 2.75) is 19.8 Å². The summed E-state index contributed by atoms with van der Waals surface area (Å²) >= 11 is 0. The van der Waals surface area contributed by atoms with Gasteiger partial charge in [0, 0.05) is 12.1 Å². The lowest BCUT2D eigenvalue weighted by molar-refractivity contribution is -0.274. The van der Waals surface area contributed by atoms with E-state index < -0.39 is 6.36 Å². The monoisotopic (exact) mass is 281 g/mol. The van der Waals surface area contributed by atoms with E-state index in [0.29, 0.717) is 11.1 Å². The van der Waals surface area contributed by atoms with Gasteiger partial charge in [0.15, 0.2) is 0 Å². The number of halogens is 3. The van der Waals surface area contributed by atoms with Crippen molar-refractivity contribution in [3.05, 3.63) is 53.6 Å². The molecule has 0 aliphatic heterocycles. The van der Waals surface area contributed by atoms with Crippen molar-refractivity contribution in [3.8, 4) is 16.9 Å². The van der Waals surface area contributed by atoms with Crippen molar-refractivity contribution >= 4 is 0 Å². The molecule has 2 rings (SSSR count). The SMILES string of the molecule is Cc1ccc(CN)c(-c2ccccc2OC(F)(F)F)c1. The number of nitrogens with two attached hydrogens (primary N) is 1. The molecule has 2 aromatic rings. The molecule has 0 aliphatic rings. The van der Waals surface area contributed by atoms with Crippen molar-refractivity contribution in [1.29, 1.82) is 0 Å². The van der Waals surface area contributed by atoms with E-state index in [2.05, 4.69) is 4.74 Å². The van der Waals surface area contributed by atoms with Gasteiger partial charge in [-0.1, -0.05) is 42.0 Å². The second-order valence-corrected chi connectivity index (χ2v) is 4.41. The van der Waals surface area contributed by atoms with E-state index in [9.17, 15) is 13.2 Å². The fourth-order valence-electron chi connectivity index (χ4n) is 2.02. The predicted octanol–water partition coefficient (Wildman–Crippen LogP) is 4.02. The third kappa shape index (κ3) is 3.30. The lowest BCUT2D eigenvalue weighted by atomic mass is 9.97. The van der Waals surface area contributed by atoms with Crippen LogP contribution in [-0.4, -0.2) is 6.36 Å². The highest BCUT2D eigenvalue weighted by molar-refractivity contribution is 5.74. The summed E-state index contributed by atoms with van der Waals surface area (Å²) in [5, 5.41) is 0. The number of alkyl halides is 3. The number of benzene rings is 2. The molecule has 5 heteroatoms. The molecule has 106 valence electrons. The van der Waals surface area contributed by atoms with Crippen LogP contribution in [0.5, 0.6) is 5.75 Å². The molecule has 0 heterocycles. The Kier molecular flexibility index (Phi) is 3.99. The van der Waals surface area contributed by atoms with Gasteiger partial charge in [-0.2, -0.15) is 0 Å². The smallest absolute Gasteiger partial charge is 0.405 e. The molecule has 0 atom stereocenters. The van der Waals surface area contributed by atoms with Gasteiger partial charge in [-0.05, 0) is 24.1 Å². The quantitative estimate of drug-likeness (QED) is 0.922. The van der Waals surface area contributed by atoms with E-state index >= 15 is 0 Å². The van der Waals surface area contributed by atoms with Gasteiger partial charge in [0.1, 0.15) is 5.75 Å². The molecule has 0 bridgehead atoms. The lowest BCUT2D eigenvalue weighted by Crippen LogP contribution is -2.17. The Morgan fingerprint density at radius 2 is 1.75 bits per heavy atom. The maximum absolute atomic E-state index is 12.5. The standard InChI is InChI=1S/C15H14F3NO/c1-10-6-7-11(9-19)13(8-10)12-4-2-3-5-14(12)20-15(16,17)18/h2-8H,9,19H2,1H3. The van der Waals surface area contributed by atoms with Crippen LogP contribution < -0.4 is 10.5 Å². The molecule has 0 fully saturated rings. The molecule has 0 spiro atoms. The van der Waals surface area contributed by atoms with Crippen molar-refractivity contribution in [3.63, 3.8) is 0 Å². The minimum Gasteiger partial charge on any atom is -0.405 e. The number of para-hydroxylation sites is 1. The van der Waals surface area contributed by atoms with Crippen LogP contribution in [-0.2, 0) is 6.54 Å². The maximum atomic E-state index is 12.5. The van der Waals surface area contributed by atoms with Gasteiger partial charge in [0.2, 0.25) is 0 Å². The highest BCUT2D eigenvalue weighted by Crippen LogP contribution is 2.35. The van der Waals surface area contributed by atoms with E-state index in [0.717, 1.165) is 11.1 Å². The number of ether oxygens (including phenoxy) is 1. The summed E-state index contributed by atoms with van der Waals surface area (Å²) in [4.78, 5) is 0. The second-order valence-electron chi connectivity index (χ2n) is 4.41. The van der Waals surface area contributed by atoms with Crippen LogP contribution in [0.3, 0.4) is 0 Å². The minimum absolute atomic E-state index is 0.222. The van der Waals surface area contributed by atoms with Crippen LogP contribution in [0.15, 0.2) is 42.5 Å². The largest absolute Gasteiger partial charge is 0.573 e. The normalized spacial score (nSPS) is 11.4. The van der Waals surface area contributed by atoms with Gasteiger partial charge in [0.05, 0.1) is 0 Å². The first-order chi connectivity index (χ1) is 9.40. The molecule has 0 saturated heterocycles. The topological polar surface area (TPSA) is 35.2 Å². The van der Waals surface area contributed by atoms with Crippen LogP contribution in [0.1, 0.15) is 11.1 Å². The number of hydrogen-bond donors (Lipinski definition) is 1. The Morgan fingerprint density at radius 3 is 2.40 bits per heavy atom. The van der Waals surface area contributed by atoms with E-state index in [1.165, 1.54) is 12.1 Å². The molecule has 0 unspecified atom stereocenters. The van der Waals surface area contributed by atoms with E-state index in [-0.39, 0.29) is 12.3 Å². The van der Waals surface area contributed by atoms with E-state index in [1.807, 2.05) is 19.1 Å². The first-order valence-electron chi connectivity index (χ1n) is 6.05. The summed E-state index contributed by atoms with van der Waals surface area (Å²) < 4.78 is 41.4. The molecule has 0 saturated carbocycles. The maximum Gasteiger partial charge on any atom is 0.573 e. The molecule has 0 radical (unpaired) electrons. The third-order valence-corrected chi connectivity index (χ3v) is 2.89. The average molecular weight is 281 g/mol. The molecule has 0 amide bonds. The van der Waals surface area contributed by atoms with Crippen molar-refractivity contribution in [2.24, 2.45) is 5.73 Å². The van der Waals surface area contributed by atoms with Gasteiger partial charge in [0.25, 0.3) is 0 Å². The highest BCUT2D eigenvalue weighted by Gasteiger charge is 2.32. The van der Waals surface area contributed by atoms with Crippen molar-refractivity contribution in [2.75, 3.05) is 0 Å². The summed E-state index contributed by atoms with van der Waals surface area (Å²) in [5.41, 5.74) is 8.41. The Morgan fingerprint density at radius 1 is 1.05 bits per heavy atom. The summed E-state index contributed by atoms with van der Waals surface area (Å²) in [5.74, 6) is -0.222. The molecule has 20 heavy (non-hydrogen) atoms. The van der Waals surface area contributed by atoms with Crippen molar-refractivity contribution in [1.82, 2.24) is 0 Å². The van der Waals surface area contributed by atoms with E-state index in [4.69, 9.17) is 5.73 Å². The molecule has 0 aromatic heterocycles. The fourth-order valence-corrected chi connectivity index (χ4v) is 2.02. The van der Waals surface area contributed by atoms with Gasteiger partial charge in [-0.25, -0.2) is 0 Å². The second kappa shape index (κ2) is 5.54. The van der Waals surface area contributed by atoms with Crippen LogP contribution in [0.4, 0.5) is 13.2 Å². The lowest BCUT2D eigenvalue weighted by Gasteiger charge is -2.15. The zero-order chi connectivity index (χ0) is 14.8. The minimum atomic E-state index is -4.72. The number of aryl methyl sites for hydroxylation is 1. The Balaban J connectivity index is 2.55. The molecular weight excluding hydrogens is 267 g/mol. The van der Waals surface area contributed by atoms with Gasteiger partial charge in [-0.15, -0.1) is 13.2 Å². The van der Waals surface area contributed by atoms with Crippen LogP contribution in [0.25, 0.3) is 11.1 Å². The fraction of sp³-hybridized carbons (Fsp3) is 0.200. The molecule has 2 nitrogen and oxygen atoms in total. The molecule has 2 N–H and O–H groups in total. The predicted molar refractivity (Wildman–Crippen MR) is 71.2 cm³/mol. The molecule has 0 aliphatic carbocycles.